The van der Waals surface area contributed by atoms with Gasteiger partial charge in [-0.1, -0.05) is 11.6 Å². The number of rotatable bonds is 6. The van der Waals surface area contributed by atoms with Gasteiger partial charge in [0.05, 0.1) is 18.1 Å². The lowest BCUT2D eigenvalue weighted by Gasteiger charge is -2.20. The standard InChI is InChI=1S/C14H18ClN3O4/c15-10-5-9(6-11-14(10)22-4-3-21-11)1-2-17-13(20)8-18-12(19)7-16/h5-6H,1-4,7-8,16H2,(H,17,20)(H,18,19). The molecule has 0 bridgehead atoms. The van der Waals surface area contributed by atoms with Crippen molar-refractivity contribution >= 4 is 23.4 Å². The van der Waals surface area contributed by atoms with Crippen LogP contribution < -0.4 is 25.8 Å². The molecule has 0 aliphatic carbocycles. The molecule has 0 aromatic heterocycles. The number of nitrogens with one attached hydrogen (secondary N) is 2. The molecule has 1 heterocycles. The molecular weight excluding hydrogens is 310 g/mol. The Morgan fingerprint density at radius 1 is 1.18 bits per heavy atom. The summed E-state index contributed by atoms with van der Waals surface area (Å²) >= 11 is 6.14. The van der Waals surface area contributed by atoms with E-state index in [1.165, 1.54) is 0 Å². The monoisotopic (exact) mass is 327 g/mol. The summed E-state index contributed by atoms with van der Waals surface area (Å²) in [5, 5.41) is 5.59. The Morgan fingerprint density at radius 3 is 2.73 bits per heavy atom. The number of fused-ring (bicyclic) bond motifs is 1. The number of nitrogens with two attached hydrogens (primary N) is 1. The van der Waals surface area contributed by atoms with Crippen molar-refractivity contribution in [1.29, 1.82) is 0 Å². The van der Waals surface area contributed by atoms with Crippen molar-refractivity contribution < 1.29 is 19.1 Å². The fourth-order valence-corrected chi connectivity index (χ4v) is 2.26. The van der Waals surface area contributed by atoms with E-state index in [4.69, 9.17) is 26.8 Å². The van der Waals surface area contributed by atoms with Crippen LogP contribution in [0.4, 0.5) is 0 Å². The van der Waals surface area contributed by atoms with Gasteiger partial charge in [0.1, 0.15) is 13.2 Å². The number of ether oxygens (including phenoxy) is 2. The Balaban J connectivity index is 1.81. The SMILES string of the molecule is NCC(=O)NCC(=O)NCCc1cc(Cl)c2c(c1)OCCO2. The molecule has 0 saturated heterocycles. The third-order valence-corrected chi connectivity index (χ3v) is 3.30. The summed E-state index contributed by atoms with van der Waals surface area (Å²) in [6.45, 7) is 1.18. The van der Waals surface area contributed by atoms with Crippen LogP contribution >= 0.6 is 11.6 Å². The Morgan fingerprint density at radius 2 is 1.95 bits per heavy atom. The molecule has 0 spiro atoms. The molecule has 0 saturated carbocycles. The lowest BCUT2D eigenvalue weighted by Crippen LogP contribution is -2.40. The Bertz CT molecular complexity index is 565. The van der Waals surface area contributed by atoms with E-state index in [1.54, 1.807) is 6.07 Å². The van der Waals surface area contributed by atoms with E-state index in [1.807, 2.05) is 6.07 Å². The number of halogens is 1. The highest BCUT2D eigenvalue weighted by Crippen LogP contribution is 2.38. The number of hydrogen-bond acceptors (Lipinski definition) is 5. The minimum absolute atomic E-state index is 0.0854. The molecule has 0 unspecified atom stereocenters. The van der Waals surface area contributed by atoms with Gasteiger partial charge in [0, 0.05) is 6.54 Å². The van der Waals surface area contributed by atoms with Gasteiger partial charge >= 0.3 is 0 Å². The first-order valence-electron chi connectivity index (χ1n) is 6.91. The van der Waals surface area contributed by atoms with Crippen molar-refractivity contribution in [2.75, 3.05) is 32.8 Å². The van der Waals surface area contributed by atoms with Gasteiger partial charge in [0.2, 0.25) is 11.8 Å². The Kier molecular flexibility index (Phi) is 5.85. The zero-order valence-electron chi connectivity index (χ0n) is 12.0. The van der Waals surface area contributed by atoms with E-state index >= 15 is 0 Å². The van der Waals surface area contributed by atoms with Gasteiger partial charge in [0.15, 0.2) is 11.5 Å². The van der Waals surface area contributed by atoms with Crippen molar-refractivity contribution in [1.82, 2.24) is 10.6 Å². The average Bonchev–Trinajstić information content (AvgIpc) is 2.52. The van der Waals surface area contributed by atoms with Gasteiger partial charge < -0.3 is 25.8 Å². The highest BCUT2D eigenvalue weighted by molar-refractivity contribution is 6.32. The minimum atomic E-state index is -0.367. The number of hydrogen-bond donors (Lipinski definition) is 3. The summed E-state index contributed by atoms with van der Waals surface area (Å²) in [5.41, 5.74) is 6.06. The maximum atomic E-state index is 11.5. The highest BCUT2D eigenvalue weighted by atomic mass is 35.5. The van der Waals surface area contributed by atoms with Crippen molar-refractivity contribution in [3.05, 3.63) is 22.7 Å². The van der Waals surface area contributed by atoms with Gasteiger partial charge in [-0.25, -0.2) is 0 Å². The van der Waals surface area contributed by atoms with Gasteiger partial charge in [0.25, 0.3) is 0 Å². The van der Waals surface area contributed by atoms with Crippen LogP contribution in [0.25, 0.3) is 0 Å². The topological polar surface area (TPSA) is 103 Å². The van der Waals surface area contributed by atoms with Gasteiger partial charge in [-0.15, -0.1) is 0 Å². The van der Waals surface area contributed by atoms with E-state index in [2.05, 4.69) is 10.6 Å². The van der Waals surface area contributed by atoms with E-state index in [-0.39, 0.29) is 24.9 Å². The van der Waals surface area contributed by atoms with Crippen LogP contribution in [0, 0.1) is 0 Å². The van der Waals surface area contributed by atoms with Crippen LogP contribution in [0.1, 0.15) is 5.56 Å². The molecule has 120 valence electrons. The van der Waals surface area contributed by atoms with E-state index in [0.29, 0.717) is 42.7 Å². The predicted molar refractivity (Wildman–Crippen MR) is 81.2 cm³/mol. The van der Waals surface area contributed by atoms with Gasteiger partial charge in [-0.3, -0.25) is 9.59 Å². The van der Waals surface area contributed by atoms with Gasteiger partial charge in [-0.05, 0) is 24.1 Å². The predicted octanol–water partition coefficient (Wildman–Crippen LogP) is -0.155. The van der Waals surface area contributed by atoms with Crippen LogP contribution in [-0.2, 0) is 16.0 Å². The number of carbonyl (C=O) groups is 2. The van der Waals surface area contributed by atoms with Crippen LogP contribution in [0.3, 0.4) is 0 Å². The average molecular weight is 328 g/mol. The maximum absolute atomic E-state index is 11.5. The third kappa shape index (κ3) is 4.51. The van der Waals surface area contributed by atoms with E-state index in [9.17, 15) is 9.59 Å². The fraction of sp³-hybridized carbons (Fsp3) is 0.429. The second kappa shape index (κ2) is 7.86. The zero-order chi connectivity index (χ0) is 15.9. The molecule has 2 amide bonds. The van der Waals surface area contributed by atoms with Crippen LogP contribution in [0.2, 0.25) is 5.02 Å². The molecule has 1 aromatic rings. The molecule has 7 nitrogen and oxygen atoms in total. The van der Waals surface area contributed by atoms with Crippen molar-refractivity contribution in [2.45, 2.75) is 6.42 Å². The maximum Gasteiger partial charge on any atom is 0.239 e. The quantitative estimate of drug-likeness (QED) is 0.674. The molecule has 0 fully saturated rings. The first-order valence-corrected chi connectivity index (χ1v) is 7.29. The van der Waals surface area contributed by atoms with Crippen molar-refractivity contribution in [3.8, 4) is 11.5 Å². The molecule has 8 heteroatoms. The smallest absolute Gasteiger partial charge is 0.239 e. The largest absolute Gasteiger partial charge is 0.486 e. The van der Waals surface area contributed by atoms with Crippen molar-refractivity contribution in [2.24, 2.45) is 5.73 Å². The molecule has 0 atom stereocenters. The highest BCUT2D eigenvalue weighted by Gasteiger charge is 2.16. The van der Waals surface area contributed by atoms with E-state index < -0.39 is 0 Å². The lowest BCUT2D eigenvalue weighted by atomic mass is 10.1. The van der Waals surface area contributed by atoms with Crippen LogP contribution in [-0.4, -0.2) is 44.7 Å². The molecule has 1 aliphatic rings. The zero-order valence-corrected chi connectivity index (χ0v) is 12.7. The normalized spacial score (nSPS) is 12.6. The minimum Gasteiger partial charge on any atom is -0.486 e. The second-order valence-corrected chi connectivity index (χ2v) is 5.09. The first-order chi connectivity index (χ1) is 10.6. The molecule has 1 aromatic carbocycles. The van der Waals surface area contributed by atoms with E-state index in [0.717, 1.165) is 5.56 Å². The van der Waals surface area contributed by atoms with Crippen LogP contribution in [0.5, 0.6) is 11.5 Å². The third-order valence-electron chi connectivity index (χ3n) is 3.02. The summed E-state index contributed by atoms with van der Waals surface area (Å²) in [4.78, 5) is 22.4. The summed E-state index contributed by atoms with van der Waals surface area (Å²) in [5.74, 6) is 0.541. The number of amides is 2. The second-order valence-electron chi connectivity index (χ2n) is 4.68. The van der Waals surface area contributed by atoms with Gasteiger partial charge in [-0.2, -0.15) is 0 Å². The molecule has 2 rings (SSSR count). The number of benzene rings is 1. The van der Waals surface area contributed by atoms with Crippen molar-refractivity contribution in [3.63, 3.8) is 0 Å². The molecule has 1 aliphatic heterocycles. The number of carbonyl (C=O) groups excluding carboxylic acids is 2. The molecule has 22 heavy (non-hydrogen) atoms. The summed E-state index contributed by atoms with van der Waals surface area (Å²) in [7, 11) is 0. The summed E-state index contributed by atoms with van der Waals surface area (Å²) in [6.07, 6.45) is 0.590. The Labute approximate surface area is 133 Å². The first kappa shape index (κ1) is 16.4. The Hall–Kier alpha value is -1.99. The molecular formula is C14H18ClN3O4. The fourth-order valence-electron chi connectivity index (χ4n) is 1.97. The summed E-state index contributed by atoms with van der Waals surface area (Å²) < 4.78 is 10.9. The molecule has 0 radical (unpaired) electrons. The lowest BCUT2D eigenvalue weighted by molar-refractivity contribution is -0.125. The summed E-state index contributed by atoms with van der Waals surface area (Å²) in [6, 6.07) is 3.64. The molecule has 4 N–H and O–H groups in total. The van der Waals surface area contributed by atoms with Crippen LogP contribution in [0.15, 0.2) is 12.1 Å².